The SMILES string of the molecule is Cc1cc(Cl)c(S(=O)(=O)NC2CCCCCC2O)cc1N. The number of rotatable bonds is 3. The maximum Gasteiger partial charge on any atom is 0.242 e. The van der Waals surface area contributed by atoms with E-state index >= 15 is 0 Å². The predicted molar refractivity (Wildman–Crippen MR) is 83.8 cm³/mol. The van der Waals surface area contributed by atoms with Crippen molar-refractivity contribution in [2.75, 3.05) is 5.73 Å². The number of nitrogens with one attached hydrogen (secondary N) is 1. The van der Waals surface area contributed by atoms with Crippen LogP contribution in [0.15, 0.2) is 17.0 Å². The largest absolute Gasteiger partial charge is 0.398 e. The monoisotopic (exact) mass is 332 g/mol. The molecule has 21 heavy (non-hydrogen) atoms. The van der Waals surface area contributed by atoms with Gasteiger partial charge >= 0.3 is 0 Å². The average molecular weight is 333 g/mol. The molecular weight excluding hydrogens is 312 g/mol. The van der Waals surface area contributed by atoms with Gasteiger partial charge in [0.25, 0.3) is 0 Å². The smallest absolute Gasteiger partial charge is 0.242 e. The van der Waals surface area contributed by atoms with Gasteiger partial charge in [0.1, 0.15) is 4.90 Å². The van der Waals surface area contributed by atoms with Crippen LogP contribution in [-0.2, 0) is 10.0 Å². The summed E-state index contributed by atoms with van der Waals surface area (Å²) < 4.78 is 27.5. The first-order chi connectivity index (χ1) is 9.81. The van der Waals surface area contributed by atoms with Gasteiger partial charge < -0.3 is 10.8 Å². The maximum absolute atomic E-state index is 12.5. The van der Waals surface area contributed by atoms with E-state index in [-0.39, 0.29) is 9.92 Å². The molecule has 0 aromatic heterocycles. The van der Waals surface area contributed by atoms with Gasteiger partial charge in [0.15, 0.2) is 0 Å². The van der Waals surface area contributed by atoms with E-state index in [0.717, 1.165) is 24.8 Å². The van der Waals surface area contributed by atoms with Crippen molar-refractivity contribution in [1.82, 2.24) is 4.72 Å². The predicted octanol–water partition coefficient (Wildman–Crippen LogP) is 2.20. The number of sulfonamides is 1. The summed E-state index contributed by atoms with van der Waals surface area (Å²) >= 11 is 6.04. The minimum atomic E-state index is -3.80. The topological polar surface area (TPSA) is 92.4 Å². The summed E-state index contributed by atoms with van der Waals surface area (Å²) in [4.78, 5) is -0.0382. The summed E-state index contributed by atoms with van der Waals surface area (Å²) in [7, 11) is -3.80. The second-order valence-corrected chi connectivity index (χ2v) is 7.66. The molecule has 0 radical (unpaired) electrons. The van der Waals surface area contributed by atoms with Gasteiger partial charge in [-0.15, -0.1) is 0 Å². The highest BCUT2D eigenvalue weighted by molar-refractivity contribution is 7.89. The lowest BCUT2D eigenvalue weighted by Gasteiger charge is -2.22. The molecule has 118 valence electrons. The van der Waals surface area contributed by atoms with Crippen LogP contribution in [0.25, 0.3) is 0 Å². The molecule has 0 aliphatic heterocycles. The van der Waals surface area contributed by atoms with Crippen LogP contribution >= 0.6 is 11.6 Å². The Balaban J connectivity index is 2.27. The summed E-state index contributed by atoms with van der Waals surface area (Å²) in [5.74, 6) is 0. The number of anilines is 1. The van der Waals surface area contributed by atoms with E-state index in [0.29, 0.717) is 18.5 Å². The van der Waals surface area contributed by atoms with E-state index in [2.05, 4.69) is 4.72 Å². The molecule has 0 saturated heterocycles. The minimum absolute atomic E-state index is 0.0382. The van der Waals surface area contributed by atoms with Crippen LogP contribution in [0.3, 0.4) is 0 Å². The van der Waals surface area contributed by atoms with Gasteiger partial charge in [-0.1, -0.05) is 30.9 Å². The number of nitrogen functional groups attached to an aromatic ring is 1. The van der Waals surface area contributed by atoms with Gasteiger partial charge in [-0.3, -0.25) is 0 Å². The van der Waals surface area contributed by atoms with E-state index in [1.54, 1.807) is 6.92 Å². The van der Waals surface area contributed by atoms with Crippen LogP contribution in [-0.4, -0.2) is 25.7 Å². The first-order valence-electron chi connectivity index (χ1n) is 7.07. The number of halogens is 1. The molecule has 5 nitrogen and oxygen atoms in total. The molecule has 0 amide bonds. The second kappa shape index (κ2) is 6.52. The van der Waals surface area contributed by atoms with Crippen molar-refractivity contribution >= 4 is 27.3 Å². The molecule has 1 saturated carbocycles. The first-order valence-corrected chi connectivity index (χ1v) is 8.93. The third kappa shape index (κ3) is 3.88. The lowest BCUT2D eigenvalue weighted by atomic mass is 10.1. The molecule has 0 spiro atoms. The maximum atomic E-state index is 12.5. The van der Waals surface area contributed by atoms with Gasteiger partial charge in [0.05, 0.1) is 11.1 Å². The van der Waals surface area contributed by atoms with E-state index in [1.165, 1.54) is 12.1 Å². The van der Waals surface area contributed by atoms with E-state index in [1.807, 2.05) is 0 Å². The van der Waals surface area contributed by atoms with Crippen molar-refractivity contribution in [1.29, 1.82) is 0 Å². The van der Waals surface area contributed by atoms with Crippen molar-refractivity contribution in [2.24, 2.45) is 0 Å². The van der Waals surface area contributed by atoms with Crippen LogP contribution in [0.4, 0.5) is 5.69 Å². The highest BCUT2D eigenvalue weighted by Crippen LogP contribution is 2.28. The third-order valence-corrected chi connectivity index (χ3v) is 5.85. The lowest BCUT2D eigenvalue weighted by molar-refractivity contribution is 0.130. The third-order valence-electron chi connectivity index (χ3n) is 3.90. The molecular formula is C14H21ClN2O3S. The molecule has 1 aromatic carbocycles. The summed E-state index contributed by atoms with van der Waals surface area (Å²) in [6, 6.07) is 2.43. The number of benzene rings is 1. The standard InChI is InChI=1S/C14H21ClN2O3S/c1-9-7-10(15)14(8-11(9)16)21(19,20)17-12-5-3-2-4-6-13(12)18/h7-8,12-13,17-18H,2-6,16H2,1H3. The quantitative estimate of drug-likeness (QED) is 0.584. The fraction of sp³-hybridized carbons (Fsp3) is 0.571. The molecule has 4 N–H and O–H groups in total. The number of aliphatic hydroxyl groups is 1. The Kier molecular flexibility index (Phi) is 5.14. The number of hydrogen-bond donors (Lipinski definition) is 3. The number of nitrogens with two attached hydrogens (primary N) is 1. The molecule has 0 bridgehead atoms. The van der Waals surface area contributed by atoms with Crippen LogP contribution in [0.1, 0.15) is 37.7 Å². The lowest BCUT2D eigenvalue weighted by Crippen LogP contribution is -2.42. The highest BCUT2D eigenvalue weighted by atomic mass is 35.5. The summed E-state index contributed by atoms with van der Waals surface area (Å²) in [6.45, 7) is 1.76. The van der Waals surface area contributed by atoms with E-state index < -0.39 is 22.2 Å². The highest BCUT2D eigenvalue weighted by Gasteiger charge is 2.28. The summed E-state index contributed by atoms with van der Waals surface area (Å²) in [5.41, 5.74) is 6.88. The zero-order valence-corrected chi connectivity index (χ0v) is 13.5. The fourth-order valence-electron chi connectivity index (χ4n) is 2.56. The van der Waals surface area contributed by atoms with Crippen molar-refractivity contribution < 1.29 is 13.5 Å². The van der Waals surface area contributed by atoms with Gasteiger partial charge in [-0.2, -0.15) is 0 Å². The number of aryl methyl sites for hydroxylation is 1. The minimum Gasteiger partial charge on any atom is -0.398 e. The van der Waals surface area contributed by atoms with Crippen molar-refractivity contribution in [3.05, 3.63) is 22.7 Å². The Morgan fingerprint density at radius 3 is 2.67 bits per heavy atom. The molecule has 2 rings (SSSR count). The molecule has 7 heteroatoms. The molecule has 1 aliphatic rings. The van der Waals surface area contributed by atoms with Crippen molar-refractivity contribution in [3.8, 4) is 0 Å². The molecule has 2 unspecified atom stereocenters. The van der Waals surface area contributed by atoms with Crippen LogP contribution in [0.2, 0.25) is 5.02 Å². The first kappa shape index (κ1) is 16.5. The van der Waals surface area contributed by atoms with Gasteiger partial charge in [-0.05, 0) is 37.5 Å². The molecule has 1 fully saturated rings. The Hall–Kier alpha value is -0.820. The zero-order chi connectivity index (χ0) is 15.6. The number of hydrogen-bond acceptors (Lipinski definition) is 4. The Morgan fingerprint density at radius 1 is 1.29 bits per heavy atom. The Bertz CT molecular complexity index is 619. The zero-order valence-electron chi connectivity index (χ0n) is 12.0. The Labute approximate surface area is 130 Å². The van der Waals surface area contributed by atoms with Gasteiger partial charge in [-0.25, -0.2) is 13.1 Å². The molecule has 1 aromatic rings. The molecule has 1 aliphatic carbocycles. The second-order valence-electron chi connectivity index (χ2n) is 5.57. The van der Waals surface area contributed by atoms with Crippen LogP contribution in [0, 0.1) is 6.92 Å². The molecule has 0 heterocycles. The van der Waals surface area contributed by atoms with Crippen molar-refractivity contribution in [3.63, 3.8) is 0 Å². The van der Waals surface area contributed by atoms with E-state index in [9.17, 15) is 13.5 Å². The van der Waals surface area contributed by atoms with Crippen LogP contribution in [0.5, 0.6) is 0 Å². The van der Waals surface area contributed by atoms with Gasteiger partial charge in [0, 0.05) is 11.7 Å². The summed E-state index contributed by atoms with van der Waals surface area (Å²) in [5, 5.41) is 10.2. The van der Waals surface area contributed by atoms with Crippen molar-refractivity contribution in [2.45, 2.75) is 56.1 Å². The average Bonchev–Trinajstić information content (AvgIpc) is 2.59. The van der Waals surface area contributed by atoms with E-state index in [4.69, 9.17) is 17.3 Å². The van der Waals surface area contributed by atoms with Crippen LogP contribution < -0.4 is 10.5 Å². The molecule has 2 atom stereocenters. The number of aliphatic hydroxyl groups excluding tert-OH is 1. The normalized spacial score (nSPS) is 23.8. The fourth-order valence-corrected chi connectivity index (χ4v) is 4.48. The summed E-state index contributed by atoms with van der Waals surface area (Å²) in [6.07, 6.45) is 3.39. The van der Waals surface area contributed by atoms with Gasteiger partial charge in [0.2, 0.25) is 10.0 Å². The Morgan fingerprint density at radius 2 is 1.95 bits per heavy atom.